The highest BCUT2D eigenvalue weighted by atomic mass is 35.5. The van der Waals surface area contributed by atoms with Crippen molar-refractivity contribution in [2.45, 2.75) is 32.7 Å². The zero-order valence-electron chi connectivity index (χ0n) is 21.3. The first-order valence-corrected chi connectivity index (χ1v) is 12.4. The van der Waals surface area contributed by atoms with Crippen molar-refractivity contribution < 1.29 is 5.11 Å². The van der Waals surface area contributed by atoms with Gasteiger partial charge in [0.15, 0.2) is 0 Å². The van der Waals surface area contributed by atoms with Crippen molar-refractivity contribution in [1.82, 2.24) is 4.90 Å². The van der Waals surface area contributed by atoms with Crippen LogP contribution in [0.25, 0.3) is 11.1 Å². The van der Waals surface area contributed by atoms with Crippen molar-refractivity contribution in [3.8, 4) is 0 Å². The summed E-state index contributed by atoms with van der Waals surface area (Å²) in [6.07, 6.45) is 1.53. The summed E-state index contributed by atoms with van der Waals surface area (Å²) in [4.78, 5) is 5.03. The molecule has 0 saturated carbocycles. The van der Waals surface area contributed by atoms with Gasteiger partial charge in [-0.2, -0.15) is 0 Å². The Labute approximate surface area is 228 Å². The Kier molecular flexibility index (Phi) is 11.8. The molecule has 0 spiro atoms. The lowest BCUT2D eigenvalue weighted by Gasteiger charge is -2.38. The lowest BCUT2D eigenvalue weighted by Crippen LogP contribution is -2.48. The Balaban J connectivity index is 0.00000228. The molecule has 0 amide bonds. The van der Waals surface area contributed by atoms with Gasteiger partial charge in [-0.1, -0.05) is 54.6 Å². The molecule has 1 fully saturated rings. The van der Waals surface area contributed by atoms with Crippen LogP contribution in [0.15, 0.2) is 78.9 Å². The van der Waals surface area contributed by atoms with E-state index in [9.17, 15) is 5.11 Å². The van der Waals surface area contributed by atoms with E-state index in [2.05, 4.69) is 84.3 Å². The summed E-state index contributed by atoms with van der Waals surface area (Å²) in [7, 11) is 0. The summed E-state index contributed by atoms with van der Waals surface area (Å²) in [5.41, 5.74) is 14.0. The van der Waals surface area contributed by atoms with E-state index >= 15 is 0 Å². The van der Waals surface area contributed by atoms with Crippen molar-refractivity contribution in [2.24, 2.45) is 0 Å². The summed E-state index contributed by atoms with van der Waals surface area (Å²) in [5.74, 6) is 0. The largest absolute Gasteiger partial charge is 0.399 e. The third-order valence-corrected chi connectivity index (χ3v) is 6.77. The van der Waals surface area contributed by atoms with Gasteiger partial charge in [0.25, 0.3) is 0 Å². The third-order valence-electron chi connectivity index (χ3n) is 6.77. The highest BCUT2D eigenvalue weighted by molar-refractivity contribution is 5.99. The summed E-state index contributed by atoms with van der Waals surface area (Å²) < 4.78 is 0. The van der Waals surface area contributed by atoms with Gasteiger partial charge in [0.1, 0.15) is 0 Å². The zero-order valence-corrected chi connectivity index (χ0v) is 22.9. The maximum Gasteiger partial charge on any atom is 0.0434 e. The average Bonchev–Trinajstić information content (AvgIpc) is 2.88. The number of piperazine rings is 1. The molecule has 1 aliphatic rings. The standard InChI is InChI=1S/C30H37N3O.2ClH/c1-23(2)32-18-20-33(21-19-32)28-16-12-26(13-17-28)30(25-10-14-27(31)15-11-25)29(9-6-22-34)24-7-4-3-5-8-24;;/h3-5,7-8,10-17,23,34H,6,9,18-22,31H2,1-2H3;2*1H/b30-29-;;. The van der Waals surface area contributed by atoms with Gasteiger partial charge in [-0.15, -0.1) is 24.8 Å². The molecule has 1 saturated heterocycles. The highest BCUT2D eigenvalue weighted by Crippen LogP contribution is 2.36. The predicted molar refractivity (Wildman–Crippen MR) is 159 cm³/mol. The number of rotatable bonds is 8. The van der Waals surface area contributed by atoms with E-state index in [-0.39, 0.29) is 31.4 Å². The van der Waals surface area contributed by atoms with Crippen LogP contribution in [-0.4, -0.2) is 48.8 Å². The maximum atomic E-state index is 9.61. The van der Waals surface area contributed by atoms with Gasteiger partial charge in [0.2, 0.25) is 0 Å². The minimum atomic E-state index is 0. The number of benzene rings is 3. The first-order chi connectivity index (χ1) is 16.6. The lowest BCUT2D eigenvalue weighted by molar-refractivity contribution is 0.209. The van der Waals surface area contributed by atoms with Crippen molar-refractivity contribution in [2.75, 3.05) is 43.4 Å². The molecule has 1 aliphatic heterocycles. The monoisotopic (exact) mass is 527 g/mol. The molecule has 4 nitrogen and oxygen atoms in total. The molecule has 0 aliphatic carbocycles. The number of nitrogen functional groups attached to an aromatic ring is 1. The van der Waals surface area contributed by atoms with Gasteiger partial charge in [0, 0.05) is 50.2 Å². The maximum absolute atomic E-state index is 9.61. The fourth-order valence-electron chi connectivity index (χ4n) is 4.81. The number of aliphatic hydroxyl groups excluding tert-OH is 1. The van der Waals surface area contributed by atoms with Crippen LogP contribution < -0.4 is 10.6 Å². The first-order valence-electron chi connectivity index (χ1n) is 12.4. The van der Waals surface area contributed by atoms with E-state index in [0.29, 0.717) is 6.04 Å². The van der Waals surface area contributed by atoms with Crippen molar-refractivity contribution in [3.63, 3.8) is 0 Å². The molecule has 0 unspecified atom stereocenters. The Morgan fingerprint density at radius 2 is 1.33 bits per heavy atom. The molecule has 6 heteroatoms. The Morgan fingerprint density at radius 1 is 0.778 bits per heavy atom. The number of nitrogens with two attached hydrogens (primary N) is 1. The van der Waals surface area contributed by atoms with Gasteiger partial charge in [-0.3, -0.25) is 4.90 Å². The van der Waals surface area contributed by atoms with Crippen LogP contribution in [0.3, 0.4) is 0 Å². The van der Waals surface area contributed by atoms with Gasteiger partial charge in [0.05, 0.1) is 0 Å². The highest BCUT2D eigenvalue weighted by Gasteiger charge is 2.20. The Bertz CT molecular complexity index is 1080. The van der Waals surface area contributed by atoms with Crippen LogP contribution in [-0.2, 0) is 0 Å². The summed E-state index contributed by atoms with van der Waals surface area (Å²) in [6.45, 7) is 9.05. The number of hydrogen-bond donors (Lipinski definition) is 2. The predicted octanol–water partition coefficient (Wildman–Crippen LogP) is 6.37. The number of halogens is 2. The number of allylic oxidation sites excluding steroid dienone is 1. The molecular weight excluding hydrogens is 489 g/mol. The van der Waals surface area contributed by atoms with Crippen molar-refractivity contribution >= 4 is 47.3 Å². The molecule has 194 valence electrons. The molecule has 1 heterocycles. The topological polar surface area (TPSA) is 52.7 Å². The van der Waals surface area contributed by atoms with Gasteiger partial charge >= 0.3 is 0 Å². The van der Waals surface area contributed by atoms with Crippen LogP contribution in [0.5, 0.6) is 0 Å². The van der Waals surface area contributed by atoms with Crippen LogP contribution in [0, 0.1) is 0 Å². The second-order valence-corrected chi connectivity index (χ2v) is 9.33. The van der Waals surface area contributed by atoms with E-state index in [1.54, 1.807) is 0 Å². The lowest BCUT2D eigenvalue weighted by atomic mass is 9.87. The number of anilines is 2. The van der Waals surface area contributed by atoms with E-state index in [1.165, 1.54) is 28.0 Å². The smallest absolute Gasteiger partial charge is 0.0434 e. The fraction of sp³-hybridized carbons (Fsp3) is 0.333. The number of nitrogens with zero attached hydrogens (tertiary/aromatic N) is 2. The van der Waals surface area contributed by atoms with E-state index in [4.69, 9.17) is 5.73 Å². The Morgan fingerprint density at radius 3 is 1.86 bits per heavy atom. The third kappa shape index (κ3) is 7.27. The minimum absolute atomic E-state index is 0. The average molecular weight is 529 g/mol. The minimum Gasteiger partial charge on any atom is -0.399 e. The number of hydrogen-bond acceptors (Lipinski definition) is 4. The van der Waals surface area contributed by atoms with Crippen LogP contribution in [0.4, 0.5) is 11.4 Å². The summed E-state index contributed by atoms with van der Waals surface area (Å²) in [5, 5.41) is 9.61. The second kappa shape index (κ2) is 14.3. The second-order valence-electron chi connectivity index (χ2n) is 9.33. The van der Waals surface area contributed by atoms with Crippen LogP contribution in [0.1, 0.15) is 43.4 Å². The number of aliphatic hydroxyl groups is 1. The fourth-order valence-corrected chi connectivity index (χ4v) is 4.81. The van der Waals surface area contributed by atoms with E-state index in [0.717, 1.165) is 50.3 Å². The molecule has 36 heavy (non-hydrogen) atoms. The first kappa shape index (κ1) is 29.7. The summed E-state index contributed by atoms with van der Waals surface area (Å²) in [6, 6.07) is 28.3. The normalized spacial score (nSPS) is 14.6. The van der Waals surface area contributed by atoms with Gasteiger partial charge in [-0.25, -0.2) is 0 Å². The van der Waals surface area contributed by atoms with E-state index < -0.39 is 0 Å². The quantitative estimate of drug-likeness (QED) is 0.263. The molecule has 0 radical (unpaired) electrons. The molecule has 3 aromatic rings. The molecule has 0 aromatic heterocycles. The molecule has 0 bridgehead atoms. The van der Waals surface area contributed by atoms with Gasteiger partial charge in [-0.05, 0) is 78.8 Å². The molecule has 0 atom stereocenters. The molecule has 3 aromatic carbocycles. The molecule has 4 rings (SSSR count). The van der Waals surface area contributed by atoms with Crippen molar-refractivity contribution in [1.29, 1.82) is 0 Å². The van der Waals surface area contributed by atoms with Crippen molar-refractivity contribution in [3.05, 3.63) is 95.6 Å². The van der Waals surface area contributed by atoms with Gasteiger partial charge < -0.3 is 15.7 Å². The summed E-state index contributed by atoms with van der Waals surface area (Å²) >= 11 is 0. The molecular formula is C30H39Cl2N3O. The Hall–Kier alpha value is -2.50. The zero-order chi connectivity index (χ0) is 23.9. The van der Waals surface area contributed by atoms with E-state index in [1.807, 2.05) is 18.2 Å². The van der Waals surface area contributed by atoms with Crippen LogP contribution >= 0.6 is 24.8 Å². The van der Waals surface area contributed by atoms with Crippen LogP contribution in [0.2, 0.25) is 0 Å². The SMILES string of the molecule is CC(C)N1CCN(c2ccc(/C(=C(/CCCO)c3ccccc3)c3ccc(N)cc3)cc2)CC1.Cl.Cl. The molecule has 3 N–H and O–H groups in total.